The highest BCUT2D eigenvalue weighted by molar-refractivity contribution is 4.96. The molecular weight excluding hydrogens is 384 g/mol. The van der Waals surface area contributed by atoms with E-state index in [4.69, 9.17) is 0 Å². The van der Waals surface area contributed by atoms with Crippen LogP contribution in [0.25, 0.3) is 0 Å². The van der Waals surface area contributed by atoms with Gasteiger partial charge in [0.2, 0.25) is 0 Å². The molecule has 3 fully saturated rings. The minimum absolute atomic E-state index is 0.577. The molecule has 0 N–H and O–H groups in total. The Labute approximate surface area is 204 Å². The van der Waals surface area contributed by atoms with Gasteiger partial charge in [0.1, 0.15) is 0 Å². The molecule has 0 nitrogen and oxygen atoms in total. The predicted molar refractivity (Wildman–Crippen MR) is 145 cm³/mol. The highest BCUT2D eigenvalue weighted by Crippen LogP contribution is 2.56. The average Bonchev–Trinajstić information content (AvgIpc) is 2.75. The van der Waals surface area contributed by atoms with Gasteiger partial charge in [0.05, 0.1) is 0 Å². The van der Waals surface area contributed by atoms with Gasteiger partial charge in [-0.3, -0.25) is 0 Å². The molecule has 0 saturated heterocycles. The fourth-order valence-electron chi connectivity index (χ4n) is 8.20. The second-order valence-electron chi connectivity index (χ2n) is 13.0. The van der Waals surface area contributed by atoms with Gasteiger partial charge in [0.15, 0.2) is 0 Å². The normalized spacial score (nSPS) is 32.8. The number of hydrogen-bond acceptors (Lipinski definition) is 0. The van der Waals surface area contributed by atoms with Crippen molar-refractivity contribution in [1.29, 1.82) is 0 Å². The second-order valence-corrected chi connectivity index (χ2v) is 13.0. The van der Waals surface area contributed by atoms with Crippen molar-refractivity contribution in [3.63, 3.8) is 0 Å². The first-order chi connectivity index (χ1) is 15.3. The summed E-state index contributed by atoms with van der Waals surface area (Å²) in [4.78, 5) is 0. The van der Waals surface area contributed by atoms with Crippen LogP contribution in [0.1, 0.15) is 152 Å². The Morgan fingerprint density at radius 1 is 0.750 bits per heavy atom. The maximum absolute atomic E-state index is 2.73. The molecule has 3 aliphatic rings. The van der Waals surface area contributed by atoms with E-state index in [0.717, 1.165) is 47.3 Å². The zero-order chi connectivity index (χ0) is 23.7. The SMILES string of the molecule is CCCCCC(C(C)CC)C(C)C(CCCCC)C(C)C1CC2CC(CCC1(C)CC)C2. The van der Waals surface area contributed by atoms with Crippen molar-refractivity contribution < 1.29 is 0 Å². The molecule has 0 spiro atoms. The van der Waals surface area contributed by atoms with E-state index in [-0.39, 0.29) is 0 Å². The summed E-state index contributed by atoms with van der Waals surface area (Å²) in [6.07, 6.45) is 21.9. The Hall–Kier alpha value is 0. The fraction of sp³-hybridized carbons (Fsp3) is 1.00. The minimum Gasteiger partial charge on any atom is -0.0654 e. The smallest absolute Gasteiger partial charge is 0.0297 e. The monoisotopic (exact) mass is 446 g/mol. The molecule has 0 heterocycles. The third-order valence-corrected chi connectivity index (χ3v) is 11.1. The number of rotatable bonds is 15. The van der Waals surface area contributed by atoms with Gasteiger partial charge in [-0.1, -0.05) is 107 Å². The second kappa shape index (κ2) is 13.8. The highest BCUT2D eigenvalue weighted by Gasteiger charge is 2.46. The Balaban J connectivity index is 2.26. The van der Waals surface area contributed by atoms with Gasteiger partial charge in [-0.2, -0.15) is 0 Å². The van der Waals surface area contributed by atoms with Crippen LogP contribution in [-0.2, 0) is 0 Å². The quantitative estimate of drug-likeness (QED) is 0.219. The Kier molecular flexibility index (Phi) is 12.2. The van der Waals surface area contributed by atoms with Crippen molar-refractivity contribution in [3.8, 4) is 0 Å². The van der Waals surface area contributed by atoms with Gasteiger partial charge in [0.25, 0.3) is 0 Å². The third kappa shape index (κ3) is 7.25. The van der Waals surface area contributed by atoms with Crippen LogP contribution >= 0.6 is 0 Å². The number of hydrogen-bond donors (Lipinski definition) is 0. The molecule has 3 saturated carbocycles. The molecule has 0 radical (unpaired) electrons. The molecule has 3 aliphatic carbocycles. The summed E-state index contributed by atoms with van der Waals surface area (Å²) in [6, 6.07) is 0. The van der Waals surface area contributed by atoms with E-state index in [1.54, 1.807) is 19.3 Å². The van der Waals surface area contributed by atoms with Gasteiger partial charge in [-0.05, 0) is 97.7 Å². The summed E-state index contributed by atoms with van der Waals surface area (Å²) >= 11 is 0. The lowest BCUT2D eigenvalue weighted by Gasteiger charge is -2.52. The standard InChI is InChI=1S/C32H62/c1-9-13-15-17-29(24(5)11-3)25(6)30(18-16-14-10-2)26(7)31-23-28-21-27(22-28)19-20-32(31,8)12-4/h24-31H,9-23H2,1-8H3. The van der Waals surface area contributed by atoms with E-state index in [1.807, 2.05) is 0 Å². The number of unbranched alkanes of at least 4 members (excludes halogenated alkanes) is 4. The highest BCUT2D eigenvalue weighted by atomic mass is 14.5. The summed E-state index contributed by atoms with van der Waals surface area (Å²) in [6.45, 7) is 20.4. The first-order valence-corrected chi connectivity index (χ1v) is 15.3. The van der Waals surface area contributed by atoms with Gasteiger partial charge in [-0.25, -0.2) is 0 Å². The first kappa shape index (κ1) is 28.2. The molecule has 3 rings (SSSR count). The van der Waals surface area contributed by atoms with Gasteiger partial charge < -0.3 is 0 Å². The summed E-state index contributed by atoms with van der Waals surface area (Å²) in [5.41, 5.74) is 0.577. The Morgan fingerprint density at radius 2 is 1.34 bits per heavy atom. The van der Waals surface area contributed by atoms with Crippen molar-refractivity contribution in [2.24, 2.45) is 52.8 Å². The van der Waals surface area contributed by atoms with Gasteiger partial charge in [0, 0.05) is 0 Å². The molecule has 0 amide bonds. The van der Waals surface area contributed by atoms with Crippen LogP contribution in [0.4, 0.5) is 0 Å². The van der Waals surface area contributed by atoms with Gasteiger partial charge >= 0.3 is 0 Å². The van der Waals surface area contributed by atoms with E-state index in [0.29, 0.717) is 5.41 Å². The lowest BCUT2D eigenvalue weighted by molar-refractivity contribution is -0.0251. The average molecular weight is 447 g/mol. The zero-order valence-corrected chi connectivity index (χ0v) is 23.7. The predicted octanol–water partition coefficient (Wildman–Crippen LogP) is 10.9. The van der Waals surface area contributed by atoms with Gasteiger partial charge in [-0.15, -0.1) is 0 Å². The lowest BCUT2D eigenvalue weighted by atomic mass is 9.53. The van der Waals surface area contributed by atoms with Crippen molar-refractivity contribution in [1.82, 2.24) is 0 Å². The molecular formula is C32H62. The largest absolute Gasteiger partial charge is 0.0654 e. The minimum atomic E-state index is 0.577. The molecule has 2 bridgehead atoms. The summed E-state index contributed by atoms with van der Waals surface area (Å²) in [5, 5.41) is 0. The maximum Gasteiger partial charge on any atom is -0.0297 e. The van der Waals surface area contributed by atoms with Crippen molar-refractivity contribution >= 4 is 0 Å². The molecule has 190 valence electrons. The van der Waals surface area contributed by atoms with Crippen LogP contribution in [0.15, 0.2) is 0 Å². The first-order valence-electron chi connectivity index (χ1n) is 15.3. The van der Waals surface area contributed by atoms with Crippen LogP contribution in [0.3, 0.4) is 0 Å². The lowest BCUT2D eigenvalue weighted by Crippen LogP contribution is -2.43. The molecule has 0 aromatic rings. The fourth-order valence-corrected chi connectivity index (χ4v) is 8.20. The third-order valence-electron chi connectivity index (χ3n) is 11.1. The van der Waals surface area contributed by atoms with Crippen LogP contribution < -0.4 is 0 Å². The van der Waals surface area contributed by atoms with Crippen molar-refractivity contribution in [3.05, 3.63) is 0 Å². The molecule has 0 aliphatic heterocycles. The summed E-state index contributed by atoms with van der Waals surface area (Å²) in [5.74, 6) is 7.58. The van der Waals surface area contributed by atoms with E-state index in [2.05, 4.69) is 55.4 Å². The van der Waals surface area contributed by atoms with Crippen molar-refractivity contribution in [2.45, 2.75) is 152 Å². The molecule has 0 aromatic carbocycles. The molecule has 0 heteroatoms. The van der Waals surface area contributed by atoms with Crippen molar-refractivity contribution in [2.75, 3.05) is 0 Å². The number of fused-ring (bicyclic) bond motifs is 4. The molecule has 7 atom stereocenters. The van der Waals surface area contributed by atoms with E-state index < -0.39 is 0 Å². The maximum atomic E-state index is 2.73. The van der Waals surface area contributed by atoms with E-state index >= 15 is 0 Å². The Morgan fingerprint density at radius 3 is 1.88 bits per heavy atom. The summed E-state index contributed by atoms with van der Waals surface area (Å²) in [7, 11) is 0. The summed E-state index contributed by atoms with van der Waals surface area (Å²) < 4.78 is 0. The van der Waals surface area contributed by atoms with Crippen LogP contribution in [-0.4, -0.2) is 0 Å². The van der Waals surface area contributed by atoms with Crippen LogP contribution in [0, 0.1) is 52.8 Å². The molecule has 32 heavy (non-hydrogen) atoms. The molecule has 7 unspecified atom stereocenters. The topological polar surface area (TPSA) is 0 Å². The van der Waals surface area contributed by atoms with E-state index in [9.17, 15) is 0 Å². The Bertz CT molecular complexity index is 488. The molecule has 0 aromatic heterocycles. The van der Waals surface area contributed by atoms with Crippen LogP contribution in [0.2, 0.25) is 0 Å². The van der Waals surface area contributed by atoms with E-state index in [1.165, 1.54) is 77.0 Å². The van der Waals surface area contributed by atoms with Crippen LogP contribution in [0.5, 0.6) is 0 Å². The zero-order valence-electron chi connectivity index (χ0n) is 23.7.